The summed E-state index contributed by atoms with van der Waals surface area (Å²) in [4.78, 5) is 0. The van der Waals surface area contributed by atoms with Crippen LogP contribution in [0.25, 0.3) is 11.0 Å². The van der Waals surface area contributed by atoms with Crippen molar-refractivity contribution in [3.05, 3.63) is 36.1 Å². The molecule has 0 spiro atoms. The van der Waals surface area contributed by atoms with Crippen LogP contribution in [0.2, 0.25) is 0 Å². The van der Waals surface area contributed by atoms with Gasteiger partial charge in [-0.25, -0.2) is 0 Å². The second-order valence-corrected chi connectivity index (χ2v) is 5.81. The average Bonchev–Trinajstić information content (AvgIpc) is 2.82. The van der Waals surface area contributed by atoms with Gasteiger partial charge < -0.3 is 9.73 Å². The Morgan fingerprint density at radius 3 is 2.94 bits per heavy atom. The van der Waals surface area contributed by atoms with E-state index in [4.69, 9.17) is 4.42 Å². The van der Waals surface area contributed by atoms with Crippen LogP contribution in [0.1, 0.15) is 32.1 Å². The van der Waals surface area contributed by atoms with Crippen LogP contribution in [-0.2, 0) is 0 Å². The van der Waals surface area contributed by atoms with Gasteiger partial charge in [0.25, 0.3) is 0 Å². The zero-order valence-corrected chi connectivity index (χ0v) is 11.9. The van der Waals surface area contributed by atoms with Crippen LogP contribution in [-0.4, -0.2) is 18.1 Å². The lowest BCUT2D eigenvalue weighted by atomic mass is 10.2. The van der Waals surface area contributed by atoms with E-state index >= 15 is 0 Å². The first-order chi connectivity index (χ1) is 8.81. The van der Waals surface area contributed by atoms with Gasteiger partial charge in [-0.05, 0) is 43.5 Å². The molecule has 1 atom stereocenters. The molecule has 0 fully saturated rings. The number of fused-ring (bicyclic) bond motifs is 1. The number of furan rings is 1. The number of thioether (sulfide) groups is 1. The van der Waals surface area contributed by atoms with E-state index in [0.717, 1.165) is 17.9 Å². The molecule has 1 aromatic carbocycles. The molecule has 98 valence electrons. The molecule has 0 radical (unpaired) electrons. The predicted octanol–water partition coefficient (Wildman–Crippen LogP) is 4.23. The fraction of sp³-hybridized carbons (Fsp3) is 0.467. The first-order valence-corrected chi connectivity index (χ1v) is 7.76. The van der Waals surface area contributed by atoms with E-state index in [1.54, 1.807) is 0 Å². The van der Waals surface area contributed by atoms with Gasteiger partial charge in [0.15, 0.2) is 0 Å². The molecule has 0 saturated heterocycles. The number of para-hydroxylation sites is 1. The second kappa shape index (κ2) is 6.86. The Labute approximate surface area is 113 Å². The molecule has 0 aliphatic carbocycles. The molecule has 0 aliphatic heterocycles. The number of nitrogens with one attached hydrogen (secondary N) is 1. The number of rotatable bonds is 7. The third-order valence-corrected chi connectivity index (χ3v) is 3.98. The molecule has 2 aromatic rings. The first kappa shape index (κ1) is 13.5. The molecule has 1 unspecified atom stereocenters. The Morgan fingerprint density at radius 1 is 1.33 bits per heavy atom. The SMILES string of the molecule is CCSCCCNC(C)c1cc2ccccc2o1. The van der Waals surface area contributed by atoms with Gasteiger partial charge >= 0.3 is 0 Å². The molecule has 2 nitrogen and oxygen atoms in total. The summed E-state index contributed by atoms with van der Waals surface area (Å²) in [6.45, 7) is 5.41. The number of hydrogen-bond acceptors (Lipinski definition) is 3. The molecule has 1 N–H and O–H groups in total. The van der Waals surface area contributed by atoms with E-state index in [9.17, 15) is 0 Å². The fourth-order valence-electron chi connectivity index (χ4n) is 1.95. The maximum atomic E-state index is 5.84. The van der Waals surface area contributed by atoms with Crippen LogP contribution < -0.4 is 5.32 Å². The van der Waals surface area contributed by atoms with E-state index in [1.165, 1.54) is 23.3 Å². The Hall–Kier alpha value is -0.930. The molecule has 2 rings (SSSR count). The van der Waals surface area contributed by atoms with Crippen molar-refractivity contribution < 1.29 is 4.42 Å². The van der Waals surface area contributed by atoms with Gasteiger partial charge in [0.05, 0.1) is 6.04 Å². The summed E-state index contributed by atoms with van der Waals surface area (Å²) in [5, 5.41) is 4.69. The van der Waals surface area contributed by atoms with Crippen molar-refractivity contribution in [2.75, 3.05) is 18.1 Å². The van der Waals surface area contributed by atoms with Crippen LogP contribution in [0.3, 0.4) is 0 Å². The molecule has 0 bridgehead atoms. The minimum atomic E-state index is 0.282. The van der Waals surface area contributed by atoms with Crippen molar-refractivity contribution in [1.29, 1.82) is 0 Å². The van der Waals surface area contributed by atoms with Crippen LogP contribution >= 0.6 is 11.8 Å². The normalized spacial score (nSPS) is 13.0. The predicted molar refractivity (Wildman–Crippen MR) is 80.2 cm³/mol. The summed E-state index contributed by atoms with van der Waals surface area (Å²) in [5.74, 6) is 3.47. The van der Waals surface area contributed by atoms with Crippen LogP contribution in [0.5, 0.6) is 0 Å². The van der Waals surface area contributed by atoms with Crippen LogP contribution in [0, 0.1) is 0 Å². The summed E-state index contributed by atoms with van der Waals surface area (Å²) in [6, 6.07) is 10.6. The van der Waals surface area contributed by atoms with E-state index in [2.05, 4.69) is 31.3 Å². The number of hydrogen-bond donors (Lipinski definition) is 1. The molecule has 0 aliphatic rings. The topological polar surface area (TPSA) is 25.2 Å². The quantitative estimate of drug-likeness (QED) is 0.757. The highest BCUT2D eigenvalue weighted by atomic mass is 32.2. The molecule has 3 heteroatoms. The van der Waals surface area contributed by atoms with Crippen molar-refractivity contribution in [2.24, 2.45) is 0 Å². The maximum absolute atomic E-state index is 5.84. The highest BCUT2D eigenvalue weighted by Crippen LogP contribution is 2.23. The molecule has 0 saturated carbocycles. The minimum Gasteiger partial charge on any atom is -0.459 e. The van der Waals surface area contributed by atoms with Crippen LogP contribution in [0.4, 0.5) is 0 Å². The summed E-state index contributed by atoms with van der Waals surface area (Å²) in [5.41, 5.74) is 0.975. The van der Waals surface area contributed by atoms with Crippen molar-refractivity contribution in [3.63, 3.8) is 0 Å². The van der Waals surface area contributed by atoms with Crippen molar-refractivity contribution >= 4 is 22.7 Å². The molecule has 1 heterocycles. The molecule has 18 heavy (non-hydrogen) atoms. The Morgan fingerprint density at radius 2 is 2.17 bits per heavy atom. The van der Waals surface area contributed by atoms with Crippen molar-refractivity contribution in [2.45, 2.75) is 26.3 Å². The van der Waals surface area contributed by atoms with Crippen molar-refractivity contribution in [3.8, 4) is 0 Å². The second-order valence-electron chi connectivity index (χ2n) is 4.41. The molecule has 0 amide bonds. The van der Waals surface area contributed by atoms with Gasteiger partial charge in [-0.2, -0.15) is 11.8 Å². The lowest BCUT2D eigenvalue weighted by molar-refractivity contribution is 0.452. The lowest BCUT2D eigenvalue weighted by Gasteiger charge is -2.10. The summed E-state index contributed by atoms with van der Waals surface area (Å²) < 4.78 is 5.84. The van der Waals surface area contributed by atoms with Gasteiger partial charge in [-0.3, -0.25) is 0 Å². The fourth-order valence-corrected chi connectivity index (χ4v) is 2.59. The Balaban J connectivity index is 1.86. The zero-order chi connectivity index (χ0) is 12.8. The standard InChI is InChI=1S/C15H21NOS/c1-3-18-10-6-9-16-12(2)15-11-13-7-4-5-8-14(13)17-15/h4-5,7-8,11-12,16H,3,6,9-10H2,1-2H3. The first-order valence-electron chi connectivity index (χ1n) is 6.61. The summed E-state index contributed by atoms with van der Waals surface area (Å²) >= 11 is 2.00. The monoisotopic (exact) mass is 263 g/mol. The third kappa shape index (κ3) is 3.53. The van der Waals surface area contributed by atoms with Gasteiger partial charge in [0.1, 0.15) is 11.3 Å². The van der Waals surface area contributed by atoms with Crippen LogP contribution in [0.15, 0.2) is 34.7 Å². The van der Waals surface area contributed by atoms with Gasteiger partial charge in [-0.1, -0.05) is 25.1 Å². The summed E-state index contributed by atoms with van der Waals surface area (Å²) in [6.07, 6.45) is 1.21. The van der Waals surface area contributed by atoms with Gasteiger partial charge in [0.2, 0.25) is 0 Å². The van der Waals surface area contributed by atoms with E-state index in [1.807, 2.05) is 30.0 Å². The molecule has 1 aromatic heterocycles. The highest BCUT2D eigenvalue weighted by molar-refractivity contribution is 7.99. The average molecular weight is 263 g/mol. The van der Waals surface area contributed by atoms with E-state index in [0.29, 0.717) is 0 Å². The smallest absolute Gasteiger partial charge is 0.134 e. The summed E-state index contributed by atoms with van der Waals surface area (Å²) in [7, 11) is 0. The lowest BCUT2D eigenvalue weighted by Crippen LogP contribution is -2.19. The Kier molecular flexibility index (Phi) is 5.14. The number of benzene rings is 1. The van der Waals surface area contributed by atoms with Gasteiger partial charge in [0, 0.05) is 5.39 Å². The highest BCUT2D eigenvalue weighted by Gasteiger charge is 2.10. The molecular weight excluding hydrogens is 242 g/mol. The Bertz CT molecular complexity index is 447. The zero-order valence-electron chi connectivity index (χ0n) is 11.1. The van der Waals surface area contributed by atoms with E-state index < -0.39 is 0 Å². The van der Waals surface area contributed by atoms with Crippen molar-refractivity contribution in [1.82, 2.24) is 5.32 Å². The third-order valence-electron chi connectivity index (χ3n) is 2.99. The minimum absolute atomic E-state index is 0.282. The van der Waals surface area contributed by atoms with E-state index in [-0.39, 0.29) is 6.04 Å². The maximum Gasteiger partial charge on any atom is 0.134 e. The molecular formula is C15H21NOS. The largest absolute Gasteiger partial charge is 0.459 e. The van der Waals surface area contributed by atoms with Gasteiger partial charge in [-0.15, -0.1) is 0 Å².